The number of fused-ring (bicyclic) bond motifs is 1. The summed E-state index contributed by atoms with van der Waals surface area (Å²) in [4.78, 5) is 14.1. The van der Waals surface area contributed by atoms with E-state index >= 15 is 0 Å². The number of aromatic nitrogens is 3. The molecule has 3 aromatic rings. The fourth-order valence-corrected chi connectivity index (χ4v) is 2.04. The van der Waals surface area contributed by atoms with Gasteiger partial charge < -0.3 is 10.1 Å². The number of aryl methyl sites for hydroxylation is 1. The number of carbonyl (C=O) groups is 1. The van der Waals surface area contributed by atoms with Crippen molar-refractivity contribution >= 4 is 17.2 Å². The van der Waals surface area contributed by atoms with E-state index in [9.17, 15) is 9.90 Å². The van der Waals surface area contributed by atoms with Gasteiger partial charge in [-0.15, -0.1) is 0 Å². The van der Waals surface area contributed by atoms with Crippen LogP contribution in [0.3, 0.4) is 0 Å². The molecule has 3 rings (SSSR count). The Bertz CT molecular complexity index is 740. The number of phenolic OH excluding ortho intramolecular Hbond substituents is 1. The van der Waals surface area contributed by atoms with Gasteiger partial charge in [0, 0.05) is 30.2 Å². The number of carbonyl (C=O) groups excluding carboxylic acids is 1. The van der Waals surface area contributed by atoms with E-state index in [-0.39, 0.29) is 5.75 Å². The molecule has 2 N–H and O–H groups in total. The van der Waals surface area contributed by atoms with Crippen LogP contribution in [0.25, 0.3) is 22.3 Å². The van der Waals surface area contributed by atoms with E-state index in [0.717, 1.165) is 22.9 Å². The molecule has 0 saturated carbocycles. The van der Waals surface area contributed by atoms with Crippen molar-refractivity contribution in [2.24, 2.45) is 7.05 Å². The molecule has 90 valence electrons. The van der Waals surface area contributed by atoms with Crippen molar-refractivity contribution in [1.29, 1.82) is 0 Å². The first-order valence-corrected chi connectivity index (χ1v) is 5.48. The highest BCUT2D eigenvalue weighted by molar-refractivity contribution is 5.90. The Morgan fingerprint density at radius 1 is 1.39 bits per heavy atom. The summed E-state index contributed by atoms with van der Waals surface area (Å²) in [6.45, 7) is 0. The lowest BCUT2D eigenvalue weighted by atomic mass is 10.2. The number of hydrogen-bond acceptors (Lipinski definition) is 3. The number of hydrogen-bond donors (Lipinski definition) is 2. The molecular formula is C13H11N3O2. The molecule has 0 aliphatic rings. The number of benzene rings is 1. The third-order valence-electron chi connectivity index (χ3n) is 2.85. The largest absolute Gasteiger partial charge is 0.508 e. The predicted molar refractivity (Wildman–Crippen MR) is 67.6 cm³/mol. The van der Waals surface area contributed by atoms with Crippen LogP contribution in [0.15, 0.2) is 30.5 Å². The van der Waals surface area contributed by atoms with Gasteiger partial charge in [-0.05, 0) is 18.2 Å². The second-order valence-electron chi connectivity index (χ2n) is 4.18. The van der Waals surface area contributed by atoms with Gasteiger partial charge in [0.05, 0.1) is 11.3 Å². The zero-order valence-electron chi connectivity index (χ0n) is 9.71. The van der Waals surface area contributed by atoms with Crippen molar-refractivity contribution in [3.8, 4) is 17.1 Å². The Kier molecular flexibility index (Phi) is 2.19. The van der Waals surface area contributed by atoms with E-state index in [2.05, 4.69) is 10.1 Å². The Morgan fingerprint density at radius 2 is 2.22 bits per heavy atom. The van der Waals surface area contributed by atoms with Crippen LogP contribution in [0, 0.1) is 0 Å². The van der Waals surface area contributed by atoms with Gasteiger partial charge in [0.2, 0.25) is 0 Å². The molecule has 0 fully saturated rings. The number of nitrogens with zero attached hydrogens (tertiary/aromatic N) is 2. The summed E-state index contributed by atoms with van der Waals surface area (Å²) < 4.78 is 1.60. The van der Waals surface area contributed by atoms with E-state index in [0.29, 0.717) is 11.3 Å². The molecule has 1 aromatic carbocycles. The highest BCUT2D eigenvalue weighted by Gasteiger charge is 2.12. The van der Waals surface area contributed by atoms with Crippen LogP contribution >= 0.6 is 0 Å². The van der Waals surface area contributed by atoms with E-state index < -0.39 is 0 Å². The number of rotatable bonds is 2. The van der Waals surface area contributed by atoms with Gasteiger partial charge in [-0.1, -0.05) is 0 Å². The number of nitrogens with one attached hydrogen (secondary N) is 1. The van der Waals surface area contributed by atoms with Gasteiger partial charge in [0.15, 0.2) is 6.29 Å². The Hall–Kier alpha value is -2.56. The second kappa shape index (κ2) is 3.73. The summed E-state index contributed by atoms with van der Waals surface area (Å²) in [6, 6.07) is 6.99. The molecule has 5 heteroatoms. The highest BCUT2D eigenvalue weighted by Crippen LogP contribution is 2.26. The molecule has 0 amide bonds. The second-order valence-corrected chi connectivity index (χ2v) is 4.18. The summed E-state index contributed by atoms with van der Waals surface area (Å²) in [5, 5.41) is 14.6. The number of aromatic hydroxyl groups is 1. The van der Waals surface area contributed by atoms with Crippen molar-refractivity contribution in [3.63, 3.8) is 0 Å². The molecule has 2 aromatic heterocycles. The number of phenols is 1. The van der Waals surface area contributed by atoms with Gasteiger partial charge in [0.25, 0.3) is 0 Å². The average Bonchev–Trinajstić information content (AvgIpc) is 2.91. The zero-order valence-corrected chi connectivity index (χ0v) is 9.71. The minimum absolute atomic E-state index is 0.201. The van der Waals surface area contributed by atoms with Crippen molar-refractivity contribution in [2.75, 3.05) is 0 Å². The maximum absolute atomic E-state index is 11.0. The SMILES string of the molecule is Cn1cc(C=O)c(-c2cc3ccc(O)cc3[nH]2)n1. The van der Waals surface area contributed by atoms with Gasteiger partial charge >= 0.3 is 0 Å². The third-order valence-corrected chi connectivity index (χ3v) is 2.85. The van der Waals surface area contributed by atoms with Crippen LogP contribution < -0.4 is 0 Å². The van der Waals surface area contributed by atoms with Gasteiger partial charge in [-0.25, -0.2) is 0 Å². The lowest BCUT2D eigenvalue weighted by Gasteiger charge is -1.92. The highest BCUT2D eigenvalue weighted by atomic mass is 16.3. The Labute approximate surface area is 103 Å². The molecule has 0 aliphatic heterocycles. The number of aldehydes is 1. The molecule has 18 heavy (non-hydrogen) atoms. The first kappa shape index (κ1) is 10.6. The maximum atomic E-state index is 11.0. The molecule has 0 spiro atoms. The van der Waals surface area contributed by atoms with E-state index in [4.69, 9.17) is 0 Å². The molecule has 0 unspecified atom stereocenters. The molecule has 2 heterocycles. The summed E-state index contributed by atoms with van der Waals surface area (Å²) >= 11 is 0. The fraction of sp³-hybridized carbons (Fsp3) is 0.0769. The van der Waals surface area contributed by atoms with E-state index in [1.54, 1.807) is 30.1 Å². The third kappa shape index (κ3) is 1.57. The quantitative estimate of drug-likeness (QED) is 0.675. The smallest absolute Gasteiger partial charge is 0.153 e. The lowest BCUT2D eigenvalue weighted by Crippen LogP contribution is -1.87. The van der Waals surface area contributed by atoms with E-state index in [1.165, 1.54) is 0 Å². The first-order chi connectivity index (χ1) is 8.67. The van der Waals surface area contributed by atoms with Gasteiger partial charge in [0.1, 0.15) is 11.4 Å². The number of aromatic amines is 1. The monoisotopic (exact) mass is 241 g/mol. The Balaban J connectivity index is 2.21. The molecule has 0 radical (unpaired) electrons. The normalized spacial score (nSPS) is 10.9. The van der Waals surface area contributed by atoms with Crippen LogP contribution in [-0.4, -0.2) is 26.2 Å². The van der Waals surface area contributed by atoms with Crippen LogP contribution in [0.1, 0.15) is 10.4 Å². The topological polar surface area (TPSA) is 70.9 Å². The summed E-state index contributed by atoms with van der Waals surface area (Å²) in [7, 11) is 1.77. The molecule has 0 bridgehead atoms. The Morgan fingerprint density at radius 3 is 3.00 bits per heavy atom. The maximum Gasteiger partial charge on any atom is 0.153 e. The van der Waals surface area contributed by atoms with Crippen molar-refractivity contribution in [2.45, 2.75) is 0 Å². The van der Waals surface area contributed by atoms with Gasteiger partial charge in [-0.3, -0.25) is 9.48 Å². The summed E-state index contributed by atoms with van der Waals surface area (Å²) in [6.07, 6.45) is 2.45. The molecule has 0 atom stereocenters. The predicted octanol–water partition coefficient (Wildman–Crippen LogP) is 2.09. The molecule has 0 saturated heterocycles. The molecule has 5 nitrogen and oxygen atoms in total. The van der Waals surface area contributed by atoms with Crippen molar-refractivity contribution < 1.29 is 9.90 Å². The minimum atomic E-state index is 0.201. The number of H-pyrrole nitrogens is 1. The fourth-order valence-electron chi connectivity index (χ4n) is 2.04. The molecule has 0 aliphatic carbocycles. The minimum Gasteiger partial charge on any atom is -0.508 e. The lowest BCUT2D eigenvalue weighted by molar-refractivity contribution is 0.112. The van der Waals surface area contributed by atoms with Gasteiger partial charge in [-0.2, -0.15) is 5.10 Å². The van der Waals surface area contributed by atoms with Crippen molar-refractivity contribution in [1.82, 2.24) is 14.8 Å². The van der Waals surface area contributed by atoms with Crippen LogP contribution in [-0.2, 0) is 7.05 Å². The van der Waals surface area contributed by atoms with Crippen molar-refractivity contribution in [3.05, 3.63) is 36.0 Å². The van der Waals surface area contributed by atoms with E-state index in [1.807, 2.05) is 12.1 Å². The van der Waals surface area contributed by atoms with Crippen LogP contribution in [0.2, 0.25) is 0 Å². The summed E-state index contributed by atoms with van der Waals surface area (Å²) in [5.41, 5.74) is 2.72. The summed E-state index contributed by atoms with van der Waals surface area (Å²) in [5.74, 6) is 0.201. The first-order valence-electron chi connectivity index (χ1n) is 5.48. The standard InChI is InChI=1S/C13H11N3O2/c1-16-6-9(7-17)13(15-16)12-4-8-2-3-10(18)5-11(8)14-12/h2-7,14,18H,1H3. The zero-order chi connectivity index (χ0) is 12.7. The van der Waals surface area contributed by atoms with Crippen LogP contribution in [0.4, 0.5) is 0 Å². The average molecular weight is 241 g/mol. The van der Waals surface area contributed by atoms with Crippen LogP contribution in [0.5, 0.6) is 5.75 Å². The molecular weight excluding hydrogens is 230 g/mol.